The van der Waals surface area contributed by atoms with Crippen molar-refractivity contribution >= 4 is 11.6 Å². The van der Waals surface area contributed by atoms with Crippen molar-refractivity contribution in [2.24, 2.45) is 0 Å². The highest BCUT2D eigenvalue weighted by molar-refractivity contribution is 6.05. The fraction of sp³-hybridized carbons (Fsp3) is 0.435. The second-order valence-electron chi connectivity index (χ2n) is 6.96. The van der Waals surface area contributed by atoms with Crippen LogP contribution in [0.3, 0.4) is 0 Å². The second kappa shape index (κ2) is 10.8. The normalized spacial score (nSPS) is 10.9. The number of benzene rings is 2. The summed E-state index contributed by atoms with van der Waals surface area (Å²) >= 11 is 0. The summed E-state index contributed by atoms with van der Waals surface area (Å²) in [5.74, 6) is 0.446. The van der Waals surface area contributed by atoms with Gasteiger partial charge < -0.3 is 10.1 Å². The highest BCUT2D eigenvalue weighted by Gasteiger charge is 2.11. The minimum atomic E-state index is -0.0415. The third-order valence-corrected chi connectivity index (χ3v) is 4.43. The summed E-state index contributed by atoms with van der Waals surface area (Å²) in [6, 6.07) is 16.0. The summed E-state index contributed by atoms with van der Waals surface area (Å²) < 4.78 is 5.52. The number of hydrogen-bond donors (Lipinski definition) is 1. The predicted molar refractivity (Wildman–Crippen MR) is 109 cm³/mol. The molecule has 0 unspecified atom stereocenters. The van der Waals surface area contributed by atoms with Crippen LogP contribution in [-0.4, -0.2) is 19.1 Å². The molecule has 0 fully saturated rings. The van der Waals surface area contributed by atoms with E-state index < -0.39 is 0 Å². The van der Waals surface area contributed by atoms with E-state index in [1.807, 2.05) is 36.4 Å². The zero-order chi connectivity index (χ0) is 18.8. The van der Waals surface area contributed by atoms with Crippen molar-refractivity contribution in [1.82, 2.24) is 0 Å². The van der Waals surface area contributed by atoms with E-state index in [1.165, 1.54) is 5.56 Å². The fourth-order valence-corrected chi connectivity index (χ4v) is 2.88. The summed E-state index contributed by atoms with van der Waals surface area (Å²) in [5, 5.41) is 3.02. The Morgan fingerprint density at radius 3 is 2.42 bits per heavy atom. The van der Waals surface area contributed by atoms with E-state index in [0.717, 1.165) is 55.7 Å². The number of carbonyl (C=O) groups excluding carboxylic acids is 1. The van der Waals surface area contributed by atoms with Crippen LogP contribution >= 0.6 is 0 Å². The van der Waals surface area contributed by atoms with Crippen molar-refractivity contribution in [3.8, 4) is 0 Å². The molecule has 1 amide bonds. The number of aryl methyl sites for hydroxylation is 1. The van der Waals surface area contributed by atoms with Gasteiger partial charge in [-0.3, -0.25) is 4.79 Å². The summed E-state index contributed by atoms with van der Waals surface area (Å²) in [6.45, 7) is 8.07. The van der Waals surface area contributed by atoms with Crippen LogP contribution in [0.4, 0.5) is 5.69 Å². The van der Waals surface area contributed by atoms with Crippen LogP contribution in [0.15, 0.2) is 48.5 Å². The molecular weight excluding hydrogens is 322 g/mol. The lowest BCUT2D eigenvalue weighted by Gasteiger charge is -2.11. The average Bonchev–Trinajstić information content (AvgIpc) is 2.65. The Morgan fingerprint density at radius 2 is 1.73 bits per heavy atom. The summed E-state index contributed by atoms with van der Waals surface area (Å²) in [6.07, 6.45) is 4.00. The van der Waals surface area contributed by atoms with E-state index in [-0.39, 0.29) is 5.91 Å². The number of nitrogens with one attached hydrogen (secondary N) is 1. The van der Waals surface area contributed by atoms with Crippen molar-refractivity contribution in [2.45, 2.75) is 52.4 Å². The number of ether oxygens (including phenoxy) is 1. The van der Waals surface area contributed by atoms with Gasteiger partial charge in [0, 0.05) is 24.5 Å². The molecule has 26 heavy (non-hydrogen) atoms. The molecule has 2 rings (SSSR count). The standard InChI is InChI=1S/C23H31NO2/c1-4-16-26-17-8-7-10-20-9-5-6-11-22(20)23(25)24-21-14-12-19(13-15-21)18(2)3/h5-6,9,11-15,18H,4,7-8,10,16-17H2,1-3H3,(H,24,25). The van der Waals surface area contributed by atoms with Gasteiger partial charge in [0.2, 0.25) is 0 Å². The first kappa shape index (κ1) is 20.2. The van der Waals surface area contributed by atoms with E-state index in [0.29, 0.717) is 5.92 Å². The van der Waals surface area contributed by atoms with Crippen molar-refractivity contribution in [2.75, 3.05) is 18.5 Å². The van der Waals surface area contributed by atoms with Crippen molar-refractivity contribution in [3.63, 3.8) is 0 Å². The number of rotatable bonds is 10. The van der Waals surface area contributed by atoms with Crippen molar-refractivity contribution in [1.29, 1.82) is 0 Å². The Morgan fingerprint density at radius 1 is 1.00 bits per heavy atom. The molecule has 0 aliphatic heterocycles. The molecule has 0 radical (unpaired) electrons. The van der Waals surface area contributed by atoms with E-state index >= 15 is 0 Å². The number of hydrogen-bond acceptors (Lipinski definition) is 2. The van der Waals surface area contributed by atoms with Gasteiger partial charge >= 0.3 is 0 Å². The Kier molecular flexibility index (Phi) is 8.36. The van der Waals surface area contributed by atoms with Gasteiger partial charge in [0.25, 0.3) is 5.91 Å². The minimum absolute atomic E-state index is 0.0415. The lowest BCUT2D eigenvalue weighted by Crippen LogP contribution is -2.14. The van der Waals surface area contributed by atoms with Gasteiger partial charge in [0.15, 0.2) is 0 Å². The summed E-state index contributed by atoms with van der Waals surface area (Å²) in [5.41, 5.74) is 3.96. The first-order valence-corrected chi connectivity index (χ1v) is 9.68. The highest BCUT2D eigenvalue weighted by Crippen LogP contribution is 2.19. The van der Waals surface area contributed by atoms with Gasteiger partial charge in [-0.15, -0.1) is 0 Å². The molecule has 0 heterocycles. The quantitative estimate of drug-likeness (QED) is 0.547. The fourth-order valence-electron chi connectivity index (χ4n) is 2.88. The largest absolute Gasteiger partial charge is 0.381 e. The number of anilines is 1. The maximum atomic E-state index is 12.7. The molecule has 0 saturated carbocycles. The Labute approximate surface area is 157 Å². The van der Waals surface area contributed by atoms with E-state index in [9.17, 15) is 4.79 Å². The predicted octanol–water partition coefficient (Wildman–Crippen LogP) is 5.81. The maximum absolute atomic E-state index is 12.7. The topological polar surface area (TPSA) is 38.3 Å². The smallest absolute Gasteiger partial charge is 0.255 e. The molecule has 0 bridgehead atoms. The molecular formula is C23H31NO2. The van der Waals surface area contributed by atoms with E-state index in [4.69, 9.17) is 4.74 Å². The van der Waals surface area contributed by atoms with Crippen molar-refractivity contribution in [3.05, 3.63) is 65.2 Å². The van der Waals surface area contributed by atoms with Gasteiger partial charge in [0.1, 0.15) is 0 Å². The molecule has 0 spiro atoms. The first-order valence-electron chi connectivity index (χ1n) is 9.68. The third kappa shape index (κ3) is 6.30. The van der Waals surface area contributed by atoms with Crippen LogP contribution in [0.25, 0.3) is 0 Å². The van der Waals surface area contributed by atoms with Crippen LogP contribution in [0.2, 0.25) is 0 Å². The van der Waals surface area contributed by atoms with Crippen LogP contribution in [-0.2, 0) is 11.2 Å². The lowest BCUT2D eigenvalue weighted by molar-refractivity contribution is 0.102. The van der Waals surface area contributed by atoms with Crippen LogP contribution in [0.5, 0.6) is 0 Å². The number of amides is 1. The zero-order valence-corrected chi connectivity index (χ0v) is 16.3. The van der Waals surface area contributed by atoms with Crippen LogP contribution in [0, 0.1) is 0 Å². The van der Waals surface area contributed by atoms with Gasteiger partial charge in [-0.25, -0.2) is 0 Å². The molecule has 0 aliphatic rings. The second-order valence-corrected chi connectivity index (χ2v) is 6.96. The SMILES string of the molecule is CCCOCCCCc1ccccc1C(=O)Nc1ccc(C(C)C)cc1. The molecule has 0 aromatic heterocycles. The molecule has 3 heteroatoms. The van der Waals surface area contributed by atoms with E-state index in [1.54, 1.807) is 0 Å². The van der Waals surface area contributed by atoms with Gasteiger partial charge in [0.05, 0.1) is 0 Å². The molecule has 2 aromatic carbocycles. The molecule has 140 valence electrons. The maximum Gasteiger partial charge on any atom is 0.255 e. The zero-order valence-electron chi connectivity index (χ0n) is 16.3. The van der Waals surface area contributed by atoms with Crippen molar-refractivity contribution < 1.29 is 9.53 Å². The highest BCUT2D eigenvalue weighted by atomic mass is 16.5. The summed E-state index contributed by atoms with van der Waals surface area (Å²) in [4.78, 5) is 12.7. The minimum Gasteiger partial charge on any atom is -0.381 e. The van der Waals surface area contributed by atoms with E-state index in [2.05, 4.69) is 38.2 Å². The third-order valence-electron chi connectivity index (χ3n) is 4.43. The summed E-state index contributed by atoms with van der Waals surface area (Å²) in [7, 11) is 0. The van der Waals surface area contributed by atoms with Gasteiger partial charge in [-0.1, -0.05) is 51.1 Å². The Bertz CT molecular complexity index is 677. The number of unbranched alkanes of at least 4 members (excludes halogenated alkanes) is 1. The Hall–Kier alpha value is -2.13. The molecule has 0 saturated heterocycles. The van der Waals surface area contributed by atoms with Gasteiger partial charge in [-0.05, 0) is 60.9 Å². The average molecular weight is 354 g/mol. The van der Waals surface area contributed by atoms with Crippen LogP contribution < -0.4 is 5.32 Å². The monoisotopic (exact) mass is 353 g/mol. The molecule has 1 N–H and O–H groups in total. The van der Waals surface area contributed by atoms with Crippen LogP contribution in [0.1, 0.15) is 67.4 Å². The molecule has 2 aromatic rings. The molecule has 0 atom stereocenters. The molecule has 0 aliphatic carbocycles. The van der Waals surface area contributed by atoms with Gasteiger partial charge in [-0.2, -0.15) is 0 Å². The Balaban J connectivity index is 1.93. The lowest BCUT2D eigenvalue weighted by atomic mass is 10.0. The molecule has 3 nitrogen and oxygen atoms in total. The first-order chi connectivity index (χ1) is 12.6. The number of carbonyl (C=O) groups is 1.